The molecule has 40 valence electrons. The number of hydrogen-bond acceptors (Lipinski definition) is 4. The van der Waals surface area contributed by atoms with Gasteiger partial charge in [-0.15, -0.1) is 0 Å². The van der Waals surface area contributed by atoms with Crippen molar-refractivity contribution in [3.8, 4) is 0 Å². The van der Waals surface area contributed by atoms with Gasteiger partial charge >= 0.3 is 62.0 Å². The first-order valence-corrected chi connectivity index (χ1v) is 2.19. The van der Waals surface area contributed by atoms with Crippen molar-refractivity contribution in [2.24, 2.45) is 0 Å². The second-order valence-corrected chi connectivity index (χ2v) is 1.34. The second kappa shape index (κ2) is 6.21. The minimum absolute atomic E-state index is 0. The standard InChI is InChI=1S/Ni.H3O4P.Sr/c;1-5(2,3)4;/h;(H3,1,2,3,4);/q+2;;+2/p-3. The van der Waals surface area contributed by atoms with Crippen LogP contribution >= 0.6 is 7.82 Å². The molecule has 0 bridgehead atoms. The predicted octanol–water partition coefficient (Wildman–Crippen LogP) is -3.21. The van der Waals surface area contributed by atoms with Crippen LogP contribution in [0, 0.1) is 0 Å². The average molecular weight is 241 g/mol. The van der Waals surface area contributed by atoms with E-state index in [0.717, 1.165) is 0 Å². The molecule has 7 heteroatoms. The van der Waals surface area contributed by atoms with Crippen LogP contribution in [0.15, 0.2) is 0 Å². The zero-order valence-corrected chi connectivity index (χ0v) is 8.46. The summed E-state index contributed by atoms with van der Waals surface area (Å²) in [5.74, 6) is 0. The van der Waals surface area contributed by atoms with Gasteiger partial charge < -0.3 is 19.2 Å². The maximum Gasteiger partial charge on any atom is 2.00 e. The molecule has 0 aliphatic heterocycles. The third kappa shape index (κ3) is 68.9. The number of rotatable bonds is 0. The van der Waals surface area contributed by atoms with Gasteiger partial charge in [-0.1, -0.05) is 0 Å². The predicted molar refractivity (Wildman–Crippen MR) is 13.4 cm³/mol. The van der Waals surface area contributed by atoms with Gasteiger partial charge in [-0.25, -0.2) is 0 Å². The van der Waals surface area contributed by atoms with E-state index < -0.39 is 7.82 Å². The molecule has 0 aliphatic carbocycles. The van der Waals surface area contributed by atoms with Gasteiger partial charge in [-0.2, -0.15) is 7.82 Å². The van der Waals surface area contributed by atoms with Crippen molar-refractivity contribution in [2.45, 2.75) is 0 Å². The fourth-order valence-corrected chi connectivity index (χ4v) is 0. The van der Waals surface area contributed by atoms with Gasteiger partial charge in [0.05, 0.1) is 0 Å². The number of phosphoric acid groups is 1. The largest absolute Gasteiger partial charge is 2.00 e. The molecule has 0 heterocycles. The zero-order chi connectivity index (χ0) is 4.50. The Morgan fingerprint density at radius 2 is 1.14 bits per heavy atom. The molecule has 0 aliphatic rings. The molecule has 4 nitrogen and oxygen atoms in total. The van der Waals surface area contributed by atoms with Crippen LogP contribution in [0.5, 0.6) is 0 Å². The molecule has 0 unspecified atom stereocenters. The van der Waals surface area contributed by atoms with Gasteiger partial charge in [-0.3, -0.25) is 0 Å². The van der Waals surface area contributed by atoms with Crippen LogP contribution in [0.4, 0.5) is 0 Å². The molecule has 0 rings (SSSR count). The fraction of sp³-hybridized carbons (Fsp3) is 0. The Morgan fingerprint density at radius 3 is 1.14 bits per heavy atom. The summed E-state index contributed by atoms with van der Waals surface area (Å²) in [5.41, 5.74) is 0. The van der Waals surface area contributed by atoms with E-state index in [0.29, 0.717) is 0 Å². The first-order chi connectivity index (χ1) is 2.00. The summed E-state index contributed by atoms with van der Waals surface area (Å²) < 4.78 is 8.55. The quantitative estimate of drug-likeness (QED) is 0.330. The van der Waals surface area contributed by atoms with Crippen molar-refractivity contribution in [3.05, 3.63) is 0 Å². The summed E-state index contributed by atoms with van der Waals surface area (Å²) in [5, 5.41) is 0. The Hall–Kier alpha value is 2.08. The maximum atomic E-state index is 8.55. The molecular weight excluding hydrogens is 241 g/mol. The molecule has 0 saturated heterocycles. The smallest absolute Gasteiger partial charge is 0.822 e. The van der Waals surface area contributed by atoms with Crippen LogP contribution in [0.3, 0.4) is 0 Å². The van der Waals surface area contributed by atoms with Gasteiger partial charge in [0.15, 0.2) is 0 Å². The topological polar surface area (TPSA) is 86.2 Å². The van der Waals surface area contributed by atoms with Crippen molar-refractivity contribution < 1.29 is 35.7 Å². The molecule has 0 aromatic rings. The summed E-state index contributed by atoms with van der Waals surface area (Å²) in [6.07, 6.45) is 0. The van der Waals surface area contributed by atoms with Crippen molar-refractivity contribution in [1.82, 2.24) is 0 Å². The summed E-state index contributed by atoms with van der Waals surface area (Å²) in [6.45, 7) is 0. The van der Waals surface area contributed by atoms with E-state index in [1.807, 2.05) is 0 Å². The monoisotopic (exact) mass is 241 g/mol. The van der Waals surface area contributed by atoms with Crippen LogP contribution < -0.4 is 14.7 Å². The molecule has 7 heavy (non-hydrogen) atoms. The Labute approximate surface area is 87.7 Å². The molecular formula is NiO4PSr+. The van der Waals surface area contributed by atoms with Gasteiger partial charge in [0.2, 0.25) is 0 Å². The normalized spacial score (nSPS) is 8.43. The van der Waals surface area contributed by atoms with Crippen molar-refractivity contribution >= 4 is 53.3 Å². The van der Waals surface area contributed by atoms with Crippen LogP contribution in [0.2, 0.25) is 0 Å². The molecule has 0 radical (unpaired) electrons. The van der Waals surface area contributed by atoms with E-state index in [2.05, 4.69) is 0 Å². The minimum atomic E-state index is -5.39. The van der Waals surface area contributed by atoms with Crippen LogP contribution in [0.25, 0.3) is 0 Å². The third-order valence-corrected chi connectivity index (χ3v) is 0. The second-order valence-electron chi connectivity index (χ2n) is 0.447. The summed E-state index contributed by atoms with van der Waals surface area (Å²) in [4.78, 5) is 25.6. The van der Waals surface area contributed by atoms with Gasteiger partial charge in [-0.05, 0) is 0 Å². The van der Waals surface area contributed by atoms with E-state index in [1.54, 1.807) is 0 Å². The van der Waals surface area contributed by atoms with Gasteiger partial charge in [0.25, 0.3) is 0 Å². The van der Waals surface area contributed by atoms with E-state index in [9.17, 15) is 0 Å². The third-order valence-electron chi connectivity index (χ3n) is 0. The van der Waals surface area contributed by atoms with E-state index in [1.165, 1.54) is 0 Å². The van der Waals surface area contributed by atoms with E-state index in [-0.39, 0.29) is 62.0 Å². The van der Waals surface area contributed by atoms with Crippen molar-refractivity contribution in [1.29, 1.82) is 0 Å². The molecule has 0 amide bonds. The average Bonchev–Trinajstić information content (AvgIpc) is 0.722. The molecule has 0 aromatic carbocycles. The molecule has 0 spiro atoms. The summed E-state index contributed by atoms with van der Waals surface area (Å²) in [7, 11) is -5.39. The van der Waals surface area contributed by atoms with Crippen LogP contribution in [-0.2, 0) is 21.1 Å². The van der Waals surface area contributed by atoms with Crippen LogP contribution in [0.1, 0.15) is 0 Å². The number of hydrogen-bond donors (Lipinski definition) is 0. The maximum absolute atomic E-state index is 8.55. The summed E-state index contributed by atoms with van der Waals surface area (Å²) >= 11 is 0. The SMILES string of the molecule is O=P([O-])([O-])[O-].[Ni+2].[Sr+2]. The molecule has 0 N–H and O–H groups in total. The first kappa shape index (κ1) is 16.0. The minimum Gasteiger partial charge on any atom is -0.822 e. The molecule has 0 atom stereocenters. The van der Waals surface area contributed by atoms with E-state index >= 15 is 0 Å². The van der Waals surface area contributed by atoms with Crippen LogP contribution in [-0.4, -0.2) is 45.5 Å². The Kier molecular flexibility index (Phi) is 14.2. The first-order valence-electron chi connectivity index (χ1n) is 0.730. The molecule has 0 aromatic heterocycles. The van der Waals surface area contributed by atoms with Crippen molar-refractivity contribution in [3.63, 3.8) is 0 Å². The summed E-state index contributed by atoms with van der Waals surface area (Å²) in [6, 6.07) is 0. The van der Waals surface area contributed by atoms with Gasteiger partial charge in [0.1, 0.15) is 0 Å². The van der Waals surface area contributed by atoms with Crippen molar-refractivity contribution in [2.75, 3.05) is 0 Å². The zero-order valence-electron chi connectivity index (χ0n) is 3.10. The molecule has 0 saturated carbocycles. The Balaban J connectivity index is -0.0000000800. The van der Waals surface area contributed by atoms with E-state index in [4.69, 9.17) is 19.2 Å². The Morgan fingerprint density at radius 1 is 1.14 bits per heavy atom. The fourth-order valence-electron chi connectivity index (χ4n) is 0. The van der Waals surface area contributed by atoms with Gasteiger partial charge in [0, 0.05) is 0 Å². The Bertz CT molecular complexity index is 57.8. The molecule has 0 fully saturated rings.